The van der Waals surface area contributed by atoms with Crippen LogP contribution in [0.2, 0.25) is 0 Å². The van der Waals surface area contributed by atoms with Gasteiger partial charge < -0.3 is 34.5 Å². The van der Waals surface area contributed by atoms with Crippen LogP contribution in [0.5, 0.6) is 5.75 Å². The quantitative estimate of drug-likeness (QED) is 0.129. The van der Waals surface area contributed by atoms with E-state index >= 15 is 0 Å². The number of aliphatic hydroxyl groups excluding tert-OH is 4. The van der Waals surface area contributed by atoms with Crippen LogP contribution in [0.1, 0.15) is 5.56 Å². The molecule has 28 heavy (non-hydrogen) atoms. The maximum Gasteiger partial charge on any atom is 0.284 e. The smallest absolute Gasteiger partial charge is 0.284 e. The molecule has 0 amide bonds. The van der Waals surface area contributed by atoms with Crippen molar-refractivity contribution in [2.45, 2.75) is 36.3 Å². The van der Waals surface area contributed by atoms with E-state index in [2.05, 4.69) is 9.44 Å². The van der Waals surface area contributed by atoms with Crippen molar-refractivity contribution in [2.75, 3.05) is 13.7 Å². The molecule has 2 unspecified atom stereocenters. The number of hydrogen-bond donors (Lipinski definition) is 4. The molecule has 5 atom stereocenters. The lowest BCUT2D eigenvalue weighted by atomic mass is 10.0. The first-order valence-electron chi connectivity index (χ1n) is 7.96. The standard InChI is InChI=1S/C15H21NO10S2/c1-24-9-4-2-3-8(5-9)6-11(16-26-28(21,22)23)27-15-14(20)13(19)12(18)10(7-17)25-15/h2-5,10,12-15,17-20H,6-7H2,1H3,(H,21,22,23)/p-1/t10?,12-,13-,14?,15-/m0/s1. The van der Waals surface area contributed by atoms with Crippen LogP contribution in [0.15, 0.2) is 29.4 Å². The van der Waals surface area contributed by atoms with E-state index in [1.54, 1.807) is 24.3 Å². The summed E-state index contributed by atoms with van der Waals surface area (Å²) in [5.74, 6) is 0.520. The number of benzene rings is 1. The molecule has 1 saturated heterocycles. The number of aliphatic hydroxyl groups is 4. The van der Waals surface area contributed by atoms with E-state index in [9.17, 15) is 33.4 Å². The van der Waals surface area contributed by atoms with E-state index in [0.717, 1.165) is 0 Å². The Balaban J connectivity index is 2.23. The molecule has 0 saturated carbocycles. The molecule has 13 heteroatoms. The predicted molar refractivity (Wildman–Crippen MR) is 96.3 cm³/mol. The zero-order chi connectivity index (χ0) is 20.9. The summed E-state index contributed by atoms with van der Waals surface area (Å²) in [6.07, 6.45) is -5.92. The fourth-order valence-electron chi connectivity index (χ4n) is 2.44. The molecular weight excluding hydrogens is 418 g/mol. The molecule has 158 valence electrons. The maximum atomic E-state index is 10.7. The van der Waals surface area contributed by atoms with Crippen molar-refractivity contribution in [3.05, 3.63) is 29.8 Å². The van der Waals surface area contributed by atoms with E-state index < -0.39 is 46.9 Å². The highest BCUT2D eigenvalue weighted by molar-refractivity contribution is 8.14. The minimum Gasteiger partial charge on any atom is -0.714 e. The monoisotopic (exact) mass is 438 g/mol. The Labute approximate surface area is 165 Å². The van der Waals surface area contributed by atoms with E-state index in [1.165, 1.54) is 7.11 Å². The Morgan fingerprint density at radius 2 is 2.00 bits per heavy atom. The van der Waals surface area contributed by atoms with Gasteiger partial charge in [-0.25, -0.2) is 0 Å². The second-order valence-corrected chi connectivity index (χ2v) is 7.95. The third-order valence-electron chi connectivity index (χ3n) is 3.82. The number of methoxy groups -OCH3 is 1. The van der Waals surface area contributed by atoms with Crippen molar-refractivity contribution >= 4 is 27.2 Å². The summed E-state index contributed by atoms with van der Waals surface area (Å²) >= 11 is 0.674. The molecule has 1 aliphatic rings. The predicted octanol–water partition coefficient (Wildman–Crippen LogP) is -1.44. The number of hydrogen-bond acceptors (Lipinski definition) is 12. The van der Waals surface area contributed by atoms with Gasteiger partial charge in [0.1, 0.15) is 40.6 Å². The molecule has 11 nitrogen and oxygen atoms in total. The summed E-state index contributed by atoms with van der Waals surface area (Å²) in [5, 5.41) is 42.3. The van der Waals surface area contributed by atoms with Crippen LogP contribution < -0.4 is 4.74 Å². The number of oxime groups is 1. The molecule has 1 aromatic carbocycles. The number of ether oxygens (including phenoxy) is 2. The fourth-order valence-corrected chi connectivity index (χ4v) is 3.76. The van der Waals surface area contributed by atoms with E-state index in [1.807, 2.05) is 0 Å². The Morgan fingerprint density at radius 3 is 2.61 bits per heavy atom. The van der Waals surface area contributed by atoms with Gasteiger partial charge in [0.05, 0.1) is 13.7 Å². The normalized spacial score (nSPS) is 28.8. The van der Waals surface area contributed by atoms with Crippen molar-refractivity contribution in [3.63, 3.8) is 0 Å². The van der Waals surface area contributed by atoms with E-state index in [0.29, 0.717) is 23.1 Å². The minimum atomic E-state index is -5.12. The molecule has 0 bridgehead atoms. The third kappa shape index (κ3) is 6.28. The summed E-state index contributed by atoms with van der Waals surface area (Å²) in [4.78, 5) is 0. The van der Waals surface area contributed by atoms with Crippen LogP contribution in [-0.4, -0.2) is 82.0 Å². The molecule has 0 spiro atoms. The molecule has 1 fully saturated rings. The van der Waals surface area contributed by atoms with Gasteiger partial charge in [0.2, 0.25) is 0 Å². The number of thioether (sulfide) groups is 1. The zero-order valence-corrected chi connectivity index (χ0v) is 16.2. The lowest BCUT2D eigenvalue weighted by molar-refractivity contribution is -0.205. The van der Waals surface area contributed by atoms with Crippen molar-refractivity contribution in [2.24, 2.45) is 5.16 Å². The highest BCUT2D eigenvalue weighted by Crippen LogP contribution is 2.30. The number of nitrogens with zero attached hydrogens (tertiary/aromatic N) is 1. The van der Waals surface area contributed by atoms with Crippen molar-refractivity contribution in [3.8, 4) is 5.75 Å². The van der Waals surface area contributed by atoms with Gasteiger partial charge in [-0.05, 0) is 17.7 Å². The summed E-state index contributed by atoms with van der Waals surface area (Å²) in [7, 11) is -3.66. The van der Waals surface area contributed by atoms with Gasteiger partial charge in [-0.3, -0.25) is 4.28 Å². The van der Waals surface area contributed by atoms with Crippen LogP contribution >= 0.6 is 11.8 Å². The second-order valence-electron chi connectivity index (χ2n) is 5.81. The van der Waals surface area contributed by atoms with Crippen molar-refractivity contribution in [1.29, 1.82) is 0 Å². The average molecular weight is 438 g/mol. The fraction of sp³-hybridized carbons (Fsp3) is 0.533. The van der Waals surface area contributed by atoms with Gasteiger partial charge in [0, 0.05) is 6.42 Å². The molecule has 1 aromatic rings. The van der Waals surface area contributed by atoms with Crippen molar-refractivity contribution in [1.82, 2.24) is 0 Å². The first kappa shape index (κ1) is 22.8. The van der Waals surface area contributed by atoms with Crippen LogP contribution in [0, 0.1) is 0 Å². The van der Waals surface area contributed by atoms with Crippen LogP contribution in [0.4, 0.5) is 0 Å². The van der Waals surface area contributed by atoms with Gasteiger partial charge in [0.25, 0.3) is 10.4 Å². The lowest BCUT2D eigenvalue weighted by Crippen LogP contribution is -2.57. The molecule has 0 aromatic heterocycles. The van der Waals surface area contributed by atoms with Crippen LogP contribution in [-0.2, 0) is 25.8 Å². The number of rotatable bonds is 7. The zero-order valence-electron chi connectivity index (χ0n) is 14.6. The van der Waals surface area contributed by atoms with Gasteiger partial charge in [0.15, 0.2) is 0 Å². The molecule has 0 aliphatic carbocycles. The maximum absolute atomic E-state index is 10.7. The molecular formula is C15H20NO10S2-. The average Bonchev–Trinajstić information content (AvgIpc) is 2.66. The Morgan fingerprint density at radius 1 is 1.29 bits per heavy atom. The van der Waals surface area contributed by atoms with E-state index in [-0.39, 0.29) is 11.5 Å². The SMILES string of the molecule is COc1cccc(CC(=NOS(=O)(=O)[O-])S[C@@H]2OC(CO)[C@H](O)[C@H](O)C2O)c1. The molecule has 4 N–H and O–H groups in total. The highest BCUT2D eigenvalue weighted by Gasteiger charge is 2.44. The summed E-state index contributed by atoms with van der Waals surface area (Å²) in [6, 6.07) is 6.67. The topological polar surface area (TPSA) is 178 Å². The summed E-state index contributed by atoms with van der Waals surface area (Å²) in [5.41, 5.74) is -0.611. The summed E-state index contributed by atoms with van der Waals surface area (Å²) in [6.45, 7) is -0.629. The molecule has 1 aliphatic heterocycles. The molecule has 2 rings (SSSR count). The Bertz CT molecular complexity index is 785. The molecule has 1 heterocycles. The van der Waals surface area contributed by atoms with Gasteiger partial charge in [-0.15, -0.1) is 0 Å². The lowest BCUT2D eigenvalue weighted by Gasteiger charge is -2.39. The van der Waals surface area contributed by atoms with Gasteiger partial charge in [-0.2, -0.15) is 8.42 Å². The van der Waals surface area contributed by atoms with Gasteiger partial charge >= 0.3 is 0 Å². The van der Waals surface area contributed by atoms with Crippen LogP contribution in [0.3, 0.4) is 0 Å². The highest BCUT2D eigenvalue weighted by atomic mass is 32.3. The third-order valence-corrected chi connectivity index (χ3v) is 5.19. The first-order chi connectivity index (χ1) is 13.1. The van der Waals surface area contributed by atoms with Crippen molar-refractivity contribution < 1.29 is 47.2 Å². The second kappa shape index (κ2) is 9.84. The first-order valence-corrected chi connectivity index (χ1v) is 10.2. The summed E-state index contributed by atoms with van der Waals surface area (Å²) < 4.78 is 46.6. The Hall–Kier alpha value is -1.45. The van der Waals surface area contributed by atoms with E-state index in [4.69, 9.17) is 9.47 Å². The van der Waals surface area contributed by atoms with Crippen LogP contribution in [0.25, 0.3) is 0 Å². The molecule has 0 radical (unpaired) electrons. The minimum absolute atomic E-state index is 0.0214. The Kier molecular flexibility index (Phi) is 8.03. The van der Waals surface area contributed by atoms with Gasteiger partial charge in [-0.1, -0.05) is 29.1 Å². The largest absolute Gasteiger partial charge is 0.714 e.